The largest absolute Gasteiger partial charge is 0.466 e. The molecule has 0 aliphatic rings. The third-order valence-electron chi connectivity index (χ3n) is 2.29. The predicted octanol–water partition coefficient (Wildman–Crippen LogP) is 1.96. The van der Waals surface area contributed by atoms with Gasteiger partial charge in [-0.2, -0.15) is 0 Å². The van der Waals surface area contributed by atoms with Gasteiger partial charge in [-0.25, -0.2) is 0 Å². The van der Waals surface area contributed by atoms with E-state index in [1.807, 2.05) is 13.8 Å². The van der Waals surface area contributed by atoms with Crippen LogP contribution in [0.25, 0.3) is 0 Å². The first-order valence-electron chi connectivity index (χ1n) is 5.49. The molecule has 3 nitrogen and oxygen atoms in total. The van der Waals surface area contributed by atoms with Crippen LogP contribution in [0.15, 0.2) is 0 Å². The molecule has 0 aliphatic carbocycles. The van der Waals surface area contributed by atoms with Crippen molar-refractivity contribution in [1.82, 2.24) is 5.32 Å². The van der Waals surface area contributed by atoms with Crippen molar-refractivity contribution < 1.29 is 9.53 Å². The Hall–Kier alpha value is -0.570. The van der Waals surface area contributed by atoms with Gasteiger partial charge in [0.1, 0.15) is 0 Å². The molecule has 0 aromatic heterocycles. The van der Waals surface area contributed by atoms with Crippen molar-refractivity contribution in [1.29, 1.82) is 0 Å². The molecule has 0 saturated carbocycles. The minimum atomic E-state index is -0.114. The molecular formula is C11H23NO2. The maximum absolute atomic E-state index is 11.1. The van der Waals surface area contributed by atoms with E-state index in [9.17, 15) is 4.79 Å². The van der Waals surface area contributed by atoms with E-state index in [0.717, 1.165) is 6.54 Å². The van der Waals surface area contributed by atoms with Gasteiger partial charge in [-0.15, -0.1) is 0 Å². The van der Waals surface area contributed by atoms with E-state index in [-0.39, 0.29) is 12.0 Å². The van der Waals surface area contributed by atoms with E-state index in [4.69, 9.17) is 4.74 Å². The van der Waals surface area contributed by atoms with Crippen LogP contribution in [0.4, 0.5) is 0 Å². The van der Waals surface area contributed by atoms with Crippen molar-refractivity contribution in [3.63, 3.8) is 0 Å². The fraction of sp³-hybridized carbons (Fsp3) is 0.909. The van der Waals surface area contributed by atoms with Crippen molar-refractivity contribution in [2.45, 2.75) is 46.6 Å². The lowest BCUT2D eigenvalue weighted by Gasteiger charge is -2.15. The van der Waals surface area contributed by atoms with Crippen LogP contribution < -0.4 is 5.32 Å². The van der Waals surface area contributed by atoms with Gasteiger partial charge in [0.15, 0.2) is 0 Å². The molecule has 0 bridgehead atoms. The van der Waals surface area contributed by atoms with Crippen LogP contribution in [-0.2, 0) is 9.53 Å². The monoisotopic (exact) mass is 201 g/mol. The zero-order chi connectivity index (χ0) is 11.0. The first kappa shape index (κ1) is 13.4. The van der Waals surface area contributed by atoms with E-state index in [1.54, 1.807) is 0 Å². The highest BCUT2D eigenvalue weighted by atomic mass is 16.5. The maximum Gasteiger partial charge on any atom is 0.307 e. The van der Waals surface area contributed by atoms with E-state index >= 15 is 0 Å². The second-order valence-electron chi connectivity index (χ2n) is 3.83. The van der Waals surface area contributed by atoms with Crippen LogP contribution in [-0.4, -0.2) is 25.2 Å². The SMILES string of the molecule is CCOC(=O)CC(C)NCC(C)CC. The number of rotatable bonds is 7. The molecule has 2 unspecified atom stereocenters. The summed E-state index contributed by atoms with van der Waals surface area (Å²) in [6, 6.07) is 0.211. The molecule has 0 saturated heterocycles. The fourth-order valence-electron chi connectivity index (χ4n) is 1.09. The molecule has 0 radical (unpaired) electrons. The minimum Gasteiger partial charge on any atom is -0.466 e. The third-order valence-corrected chi connectivity index (χ3v) is 2.29. The van der Waals surface area contributed by atoms with Crippen molar-refractivity contribution in [3.8, 4) is 0 Å². The zero-order valence-corrected chi connectivity index (χ0v) is 9.80. The summed E-state index contributed by atoms with van der Waals surface area (Å²) in [6.07, 6.45) is 1.63. The summed E-state index contributed by atoms with van der Waals surface area (Å²) in [5, 5.41) is 3.32. The lowest BCUT2D eigenvalue weighted by atomic mass is 10.1. The summed E-state index contributed by atoms with van der Waals surface area (Å²) in [4.78, 5) is 11.1. The van der Waals surface area contributed by atoms with Crippen molar-refractivity contribution in [3.05, 3.63) is 0 Å². The average Bonchev–Trinajstić information content (AvgIpc) is 2.14. The fourth-order valence-corrected chi connectivity index (χ4v) is 1.09. The van der Waals surface area contributed by atoms with Crippen LogP contribution in [0.5, 0.6) is 0 Å². The summed E-state index contributed by atoms with van der Waals surface area (Å²) in [5.41, 5.74) is 0. The molecule has 0 spiro atoms. The molecule has 0 aromatic rings. The molecule has 0 aromatic carbocycles. The Kier molecular flexibility index (Phi) is 7.48. The van der Waals surface area contributed by atoms with E-state index in [2.05, 4.69) is 19.2 Å². The number of carbonyl (C=O) groups is 1. The first-order valence-corrected chi connectivity index (χ1v) is 5.49. The molecule has 0 rings (SSSR count). The normalized spacial score (nSPS) is 14.9. The molecule has 0 aliphatic heterocycles. The number of nitrogens with one attached hydrogen (secondary N) is 1. The van der Waals surface area contributed by atoms with Crippen LogP contribution in [0, 0.1) is 5.92 Å². The Morgan fingerprint density at radius 3 is 2.50 bits per heavy atom. The standard InChI is InChI=1S/C11H23NO2/c1-5-9(3)8-12-10(4)7-11(13)14-6-2/h9-10,12H,5-8H2,1-4H3. The molecule has 0 amide bonds. The molecule has 0 fully saturated rings. The molecule has 0 heterocycles. The Labute approximate surface area is 87.2 Å². The van der Waals surface area contributed by atoms with Gasteiger partial charge in [0.25, 0.3) is 0 Å². The van der Waals surface area contributed by atoms with Crippen molar-refractivity contribution in [2.75, 3.05) is 13.2 Å². The van der Waals surface area contributed by atoms with Gasteiger partial charge < -0.3 is 10.1 Å². The lowest BCUT2D eigenvalue weighted by molar-refractivity contribution is -0.143. The van der Waals surface area contributed by atoms with Crippen molar-refractivity contribution >= 4 is 5.97 Å². The topological polar surface area (TPSA) is 38.3 Å². The lowest BCUT2D eigenvalue weighted by Crippen LogP contribution is -2.32. The van der Waals surface area contributed by atoms with Gasteiger partial charge in [0.05, 0.1) is 13.0 Å². The summed E-state index contributed by atoms with van der Waals surface area (Å²) in [5.74, 6) is 0.552. The number of hydrogen-bond donors (Lipinski definition) is 1. The Balaban J connectivity index is 3.54. The van der Waals surface area contributed by atoms with Gasteiger partial charge in [0.2, 0.25) is 0 Å². The first-order chi connectivity index (χ1) is 6.60. The Morgan fingerprint density at radius 1 is 1.36 bits per heavy atom. The zero-order valence-electron chi connectivity index (χ0n) is 9.80. The summed E-state index contributed by atoms with van der Waals surface area (Å²) >= 11 is 0. The second-order valence-corrected chi connectivity index (χ2v) is 3.83. The predicted molar refractivity (Wildman–Crippen MR) is 58.2 cm³/mol. The quantitative estimate of drug-likeness (QED) is 0.640. The smallest absolute Gasteiger partial charge is 0.307 e. The average molecular weight is 201 g/mol. The molecule has 3 heteroatoms. The third kappa shape index (κ3) is 6.89. The van der Waals surface area contributed by atoms with Gasteiger partial charge in [0, 0.05) is 6.04 Å². The minimum absolute atomic E-state index is 0.114. The van der Waals surface area contributed by atoms with E-state index < -0.39 is 0 Å². The van der Waals surface area contributed by atoms with Crippen LogP contribution in [0.3, 0.4) is 0 Å². The summed E-state index contributed by atoms with van der Waals surface area (Å²) in [7, 11) is 0. The Morgan fingerprint density at radius 2 is 2.00 bits per heavy atom. The Bertz CT molecular complexity index is 159. The van der Waals surface area contributed by atoms with Crippen LogP contribution >= 0.6 is 0 Å². The maximum atomic E-state index is 11.1. The van der Waals surface area contributed by atoms with Crippen LogP contribution in [0.1, 0.15) is 40.5 Å². The van der Waals surface area contributed by atoms with E-state index in [0.29, 0.717) is 18.9 Å². The summed E-state index contributed by atoms with van der Waals surface area (Å²) in [6.45, 7) is 9.65. The molecular weight excluding hydrogens is 178 g/mol. The highest BCUT2D eigenvalue weighted by Gasteiger charge is 2.09. The van der Waals surface area contributed by atoms with Gasteiger partial charge in [-0.3, -0.25) is 4.79 Å². The molecule has 2 atom stereocenters. The van der Waals surface area contributed by atoms with Crippen LogP contribution in [0.2, 0.25) is 0 Å². The molecule has 14 heavy (non-hydrogen) atoms. The van der Waals surface area contributed by atoms with E-state index in [1.165, 1.54) is 6.42 Å². The van der Waals surface area contributed by atoms with Gasteiger partial charge in [-0.05, 0) is 26.3 Å². The highest BCUT2D eigenvalue weighted by Crippen LogP contribution is 2.00. The van der Waals surface area contributed by atoms with Gasteiger partial charge >= 0.3 is 5.97 Å². The number of carbonyl (C=O) groups excluding carboxylic acids is 1. The highest BCUT2D eigenvalue weighted by molar-refractivity contribution is 5.69. The number of hydrogen-bond acceptors (Lipinski definition) is 3. The molecule has 1 N–H and O–H groups in total. The second kappa shape index (κ2) is 7.80. The number of ether oxygens (including phenoxy) is 1. The number of esters is 1. The van der Waals surface area contributed by atoms with Crippen molar-refractivity contribution in [2.24, 2.45) is 5.92 Å². The van der Waals surface area contributed by atoms with Gasteiger partial charge in [-0.1, -0.05) is 20.3 Å². The molecule has 84 valence electrons. The summed E-state index contributed by atoms with van der Waals surface area (Å²) < 4.78 is 4.87.